The number of rotatable bonds is 5. The first-order chi connectivity index (χ1) is 9.24. The predicted octanol–water partition coefficient (Wildman–Crippen LogP) is 3.41. The van der Waals surface area contributed by atoms with Crippen LogP contribution in [0, 0.1) is 5.41 Å². The summed E-state index contributed by atoms with van der Waals surface area (Å²) in [5, 5.41) is 3.15. The summed E-state index contributed by atoms with van der Waals surface area (Å²) in [4.78, 5) is 12.5. The van der Waals surface area contributed by atoms with Gasteiger partial charge in [0.1, 0.15) is 0 Å². The standard InChI is InChI=1S/C17H28N2O/c1-6-17(18,7-2)15(20)19-14(16(3,4)5)13-11-9-8-10-12-13/h8-12,14H,6-7,18H2,1-5H3,(H,19,20). The van der Waals surface area contributed by atoms with Gasteiger partial charge >= 0.3 is 0 Å². The molecule has 0 aliphatic rings. The van der Waals surface area contributed by atoms with Crippen molar-refractivity contribution in [3.05, 3.63) is 35.9 Å². The van der Waals surface area contributed by atoms with Gasteiger partial charge in [-0.3, -0.25) is 4.79 Å². The fourth-order valence-corrected chi connectivity index (χ4v) is 2.29. The molecule has 0 aliphatic heterocycles. The highest BCUT2D eigenvalue weighted by Crippen LogP contribution is 2.33. The SMILES string of the molecule is CCC(N)(CC)C(=O)NC(c1ccccc1)C(C)(C)C. The zero-order valence-electron chi connectivity index (χ0n) is 13.4. The summed E-state index contributed by atoms with van der Waals surface area (Å²) in [6.45, 7) is 10.3. The summed E-state index contributed by atoms with van der Waals surface area (Å²) in [7, 11) is 0. The van der Waals surface area contributed by atoms with Gasteiger partial charge in [-0.25, -0.2) is 0 Å². The van der Waals surface area contributed by atoms with E-state index in [2.05, 4.69) is 26.1 Å². The van der Waals surface area contributed by atoms with Crippen molar-refractivity contribution in [2.45, 2.75) is 59.0 Å². The molecule has 112 valence electrons. The van der Waals surface area contributed by atoms with Gasteiger partial charge in [-0.05, 0) is 23.8 Å². The zero-order valence-corrected chi connectivity index (χ0v) is 13.4. The monoisotopic (exact) mass is 276 g/mol. The Bertz CT molecular complexity index is 430. The molecule has 1 aromatic rings. The first-order valence-corrected chi connectivity index (χ1v) is 7.39. The van der Waals surface area contributed by atoms with E-state index in [0.29, 0.717) is 12.8 Å². The highest BCUT2D eigenvalue weighted by molar-refractivity contribution is 5.86. The van der Waals surface area contributed by atoms with Gasteiger partial charge in [0.2, 0.25) is 5.91 Å². The van der Waals surface area contributed by atoms with E-state index < -0.39 is 5.54 Å². The molecule has 20 heavy (non-hydrogen) atoms. The van der Waals surface area contributed by atoms with Gasteiger partial charge < -0.3 is 11.1 Å². The summed E-state index contributed by atoms with van der Waals surface area (Å²) in [5.74, 6) is -0.0636. The molecule has 0 fully saturated rings. The number of nitrogens with two attached hydrogens (primary N) is 1. The van der Waals surface area contributed by atoms with Crippen LogP contribution in [0.5, 0.6) is 0 Å². The van der Waals surface area contributed by atoms with Gasteiger partial charge in [-0.2, -0.15) is 0 Å². The van der Waals surface area contributed by atoms with Crippen molar-refractivity contribution in [3.8, 4) is 0 Å². The Morgan fingerprint density at radius 1 is 1.15 bits per heavy atom. The highest BCUT2D eigenvalue weighted by atomic mass is 16.2. The Morgan fingerprint density at radius 2 is 1.65 bits per heavy atom. The van der Waals surface area contributed by atoms with Crippen LogP contribution in [0.15, 0.2) is 30.3 Å². The maximum Gasteiger partial charge on any atom is 0.240 e. The van der Waals surface area contributed by atoms with Crippen molar-refractivity contribution in [2.24, 2.45) is 11.1 Å². The Kier molecular flexibility index (Phi) is 5.35. The summed E-state index contributed by atoms with van der Waals surface area (Å²) < 4.78 is 0. The van der Waals surface area contributed by atoms with Crippen LogP contribution in [-0.4, -0.2) is 11.4 Å². The average Bonchev–Trinajstić information content (AvgIpc) is 2.43. The minimum atomic E-state index is -0.779. The molecule has 3 N–H and O–H groups in total. The molecule has 1 amide bonds. The average molecular weight is 276 g/mol. The lowest BCUT2D eigenvalue weighted by Gasteiger charge is -2.35. The summed E-state index contributed by atoms with van der Waals surface area (Å²) in [5.41, 5.74) is 6.46. The fraction of sp³-hybridized carbons (Fsp3) is 0.588. The maximum absolute atomic E-state index is 12.5. The molecule has 0 bridgehead atoms. The van der Waals surface area contributed by atoms with E-state index in [0.717, 1.165) is 5.56 Å². The highest BCUT2D eigenvalue weighted by Gasteiger charge is 2.35. The number of carbonyl (C=O) groups excluding carboxylic acids is 1. The Labute approximate surface area is 122 Å². The summed E-state index contributed by atoms with van der Waals surface area (Å²) >= 11 is 0. The molecule has 0 aliphatic carbocycles. The number of amides is 1. The van der Waals surface area contributed by atoms with Crippen LogP contribution >= 0.6 is 0 Å². The molecule has 1 aromatic carbocycles. The van der Waals surface area contributed by atoms with Gasteiger partial charge in [0.15, 0.2) is 0 Å². The van der Waals surface area contributed by atoms with E-state index in [9.17, 15) is 4.79 Å². The van der Waals surface area contributed by atoms with E-state index >= 15 is 0 Å². The molecule has 0 saturated heterocycles. The fourth-order valence-electron chi connectivity index (χ4n) is 2.29. The second kappa shape index (κ2) is 6.40. The summed E-state index contributed by atoms with van der Waals surface area (Å²) in [6, 6.07) is 10.0. The third-order valence-corrected chi connectivity index (χ3v) is 3.99. The Balaban J connectivity index is 3.02. The van der Waals surface area contributed by atoms with Crippen molar-refractivity contribution in [3.63, 3.8) is 0 Å². The van der Waals surface area contributed by atoms with Crippen LogP contribution in [0.3, 0.4) is 0 Å². The minimum absolute atomic E-state index is 0.0442. The number of nitrogens with one attached hydrogen (secondary N) is 1. The van der Waals surface area contributed by atoms with Gasteiger partial charge in [-0.15, -0.1) is 0 Å². The molecule has 1 rings (SSSR count). The Morgan fingerprint density at radius 3 is 2.05 bits per heavy atom. The second-order valence-electron chi connectivity index (χ2n) is 6.55. The molecule has 0 saturated carbocycles. The molecule has 1 unspecified atom stereocenters. The second-order valence-corrected chi connectivity index (χ2v) is 6.55. The number of benzene rings is 1. The van der Waals surface area contributed by atoms with Crippen LogP contribution in [0.4, 0.5) is 0 Å². The van der Waals surface area contributed by atoms with Crippen LogP contribution in [0.25, 0.3) is 0 Å². The lowest BCUT2D eigenvalue weighted by atomic mass is 9.81. The lowest BCUT2D eigenvalue weighted by Crippen LogP contribution is -2.55. The topological polar surface area (TPSA) is 55.1 Å². The zero-order chi connectivity index (χ0) is 15.4. The molecule has 1 atom stereocenters. The van der Waals surface area contributed by atoms with Crippen molar-refractivity contribution >= 4 is 5.91 Å². The van der Waals surface area contributed by atoms with Crippen LogP contribution in [0.2, 0.25) is 0 Å². The molecule has 3 nitrogen and oxygen atoms in total. The third-order valence-electron chi connectivity index (χ3n) is 3.99. The van der Waals surface area contributed by atoms with E-state index in [1.807, 2.05) is 44.2 Å². The molecular weight excluding hydrogens is 248 g/mol. The van der Waals surface area contributed by atoms with Gasteiger partial charge in [0.25, 0.3) is 0 Å². The smallest absolute Gasteiger partial charge is 0.240 e. The van der Waals surface area contributed by atoms with Crippen LogP contribution in [0.1, 0.15) is 59.1 Å². The minimum Gasteiger partial charge on any atom is -0.347 e. The molecule has 0 radical (unpaired) electrons. The molecule has 0 spiro atoms. The van der Waals surface area contributed by atoms with Crippen LogP contribution in [-0.2, 0) is 4.79 Å². The van der Waals surface area contributed by atoms with Gasteiger partial charge in [-0.1, -0.05) is 65.0 Å². The van der Waals surface area contributed by atoms with Gasteiger partial charge in [0.05, 0.1) is 11.6 Å². The van der Waals surface area contributed by atoms with Crippen molar-refractivity contribution in [1.82, 2.24) is 5.32 Å². The molecule has 0 heterocycles. The van der Waals surface area contributed by atoms with E-state index in [4.69, 9.17) is 5.73 Å². The molecular formula is C17H28N2O. The number of hydrogen-bond acceptors (Lipinski definition) is 2. The first-order valence-electron chi connectivity index (χ1n) is 7.39. The number of carbonyl (C=O) groups is 1. The molecule has 3 heteroatoms. The normalized spacial score (nSPS) is 13.9. The third kappa shape index (κ3) is 3.83. The number of hydrogen-bond donors (Lipinski definition) is 2. The van der Waals surface area contributed by atoms with Crippen molar-refractivity contribution in [1.29, 1.82) is 0 Å². The summed E-state index contributed by atoms with van der Waals surface area (Å²) in [6.07, 6.45) is 1.28. The van der Waals surface area contributed by atoms with Gasteiger partial charge in [0, 0.05) is 0 Å². The first kappa shape index (κ1) is 16.7. The maximum atomic E-state index is 12.5. The quantitative estimate of drug-likeness (QED) is 0.866. The van der Waals surface area contributed by atoms with E-state index in [-0.39, 0.29) is 17.4 Å². The van der Waals surface area contributed by atoms with E-state index in [1.54, 1.807) is 0 Å². The predicted molar refractivity (Wildman–Crippen MR) is 84.3 cm³/mol. The van der Waals surface area contributed by atoms with Crippen molar-refractivity contribution < 1.29 is 4.79 Å². The van der Waals surface area contributed by atoms with Crippen LogP contribution < -0.4 is 11.1 Å². The lowest BCUT2D eigenvalue weighted by molar-refractivity contribution is -0.128. The molecule has 0 aromatic heterocycles. The van der Waals surface area contributed by atoms with Crippen molar-refractivity contribution in [2.75, 3.05) is 0 Å². The largest absolute Gasteiger partial charge is 0.347 e. The Hall–Kier alpha value is -1.35. The van der Waals surface area contributed by atoms with E-state index in [1.165, 1.54) is 0 Å².